The van der Waals surface area contributed by atoms with Gasteiger partial charge < -0.3 is 15.4 Å². The number of carbonyl (C=O) groups excluding carboxylic acids is 2. The molecule has 0 aromatic heterocycles. The van der Waals surface area contributed by atoms with E-state index >= 15 is 0 Å². The maximum atomic E-state index is 12.1. The van der Waals surface area contributed by atoms with E-state index in [2.05, 4.69) is 10.6 Å². The van der Waals surface area contributed by atoms with Gasteiger partial charge in [0, 0.05) is 5.02 Å². The van der Waals surface area contributed by atoms with E-state index in [4.69, 9.17) is 27.9 Å². The number of amides is 2. The highest BCUT2D eigenvalue weighted by Gasteiger charge is 2.14. The third-order valence-corrected chi connectivity index (χ3v) is 3.72. The summed E-state index contributed by atoms with van der Waals surface area (Å²) in [5.74, 6) is -0.440. The zero-order chi connectivity index (χ0) is 17.7. The number of anilines is 2. The Hall–Kier alpha value is -2.24. The van der Waals surface area contributed by atoms with Crippen LogP contribution in [0, 0.1) is 6.92 Å². The average Bonchev–Trinajstić information content (AvgIpc) is 2.51. The monoisotopic (exact) mass is 366 g/mol. The molecular weight excluding hydrogens is 351 g/mol. The van der Waals surface area contributed by atoms with Crippen LogP contribution in [0.25, 0.3) is 0 Å². The quantitative estimate of drug-likeness (QED) is 0.776. The second kappa shape index (κ2) is 8.04. The first-order chi connectivity index (χ1) is 11.4. The van der Waals surface area contributed by atoms with Gasteiger partial charge in [-0.1, -0.05) is 29.3 Å². The van der Waals surface area contributed by atoms with E-state index in [1.807, 2.05) is 13.0 Å². The molecule has 0 radical (unpaired) electrons. The Morgan fingerprint density at radius 1 is 1.00 bits per heavy atom. The number of halogens is 2. The molecule has 0 spiro atoms. The molecule has 0 heterocycles. The van der Waals surface area contributed by atoms with Gasteiger partial charge in [-0.15, -0.1) is 0 Å². The molecule has 7 heteroatoms. The van der Waals surface area contributed by atoms with Crippen LogP contribution in [-0.2, 0) is 9.59 Å². The Morgan fingerprint density at radius 3 is 2.33 bits per heavy atom. The van der Waals surface area contributed by atoms with Gasteiger partial charge in [0.05, 0.1) is 23.5 Å². The Balaban J connectivity index is 2.01. The molecule has 0 aliphatic carbocycles. The fraction of sp³-hybridized carbons (Fsp3) is 0.176. The summed E-state index contributed by atoms with van der Waals surface area (Å²) in [6.07, 6.45) is -0.361. The minimum absolute atomic E-state index is 0.341. The fourth-order valence-electron chi connectivity index (χ4n) is 2.05. The fourth-order valence-corrected chi connectivity index (χ4v) is 2.38. The Bertz CT molecular complexity index is 778. The van der Waals surface area contributed by atoms with Crippen molar-refractivity contribution in [1.29, 1.82) is 0 Å². The average molecular weight is 367 g/mol. The molecule has 0 aliphatic heterocycles. The molecule has 2 aromatic carbocycles. The lowest BCUT2D eigenvalue weighted by atomic mass is 10.2. The summed E-state index contributed by atoms with van der Waals surface area (Å²) in [6.45, 7) is 1.89. The van der Waals surface area contributed by atoms with Crippen LogP contribution in [-0.4, -0.2) is 18.9 Å². The van der Waals surface area contributed by atoms with Gasteiger partial charge in [0.2, 0.25) is 11.8 Å². The molecule has 0 fully saturated rings. The van der Waals surface area contributed by atoms with Gasteiger partial charge >= 0.3 is 0 Å². The van der Waals surface area contributed by atoms with Crippen LogP contribution in [0.2, 0.25) is 10.0 Å². The van der Waals surface area contributed by atoms with Crippen molar-refractivity contribution >= 4 is 46.4 Å². The second-order valence-corrected chi connectivity index (χ2v) is 5.94. The third kappa shape index (κ3) is 4.88. The second-order valence-electron chi connectivity index (χ2n) is 5.10. The highest BCUT2D eigenvalue weighted by Crippen LogP contribution is 2.26. The lowest BCUT2D eigenvalue weighted by Gasteiger charge is -2.11. The summed E-state index contributed by atoms with van der Waals surface area (Å²) in [4.78, 5) is 24.1. The zero-order valence-electron chi connectivity index (χ0n) is 13.2. The first kappa shape index (κ1) is 18.1. The number of rotatable bonds is 5. The SMILES string of the molecule is COc1ccc(C)cc1NC(=O)CC(=O)Nc1cc(Cl)ccc1Cl. The summed E-state index contributed by atoms with van der Waals surface area (Å²) in [6, 6.07) is 10.1. The molecule has 0 atom stereocenters. The molecule has 24 heavy (non-hydrogen) atoms. The molecule has 2 rings (SSSR count). The van der Waals surface area contributed by atoms with E-state index in [0.29, 0.717) is 27.2 Å². The molecule has 2 aromatic rings. The van der Waals surface area contributed by atoms with Crippen LogP contribution in [0.3, 0.4) is 0 Å². The molecule has 2 N–H and O–H groups in total. The Labute approximate surface area is 149 Å². The summed E-state index contributed by atoms with van der Waals surface area (Å²) in [7, 11) is 1.51. The van der Waals surface area contributed by atoms with E-state index in [-0.39, 0.29) is 6.42 Å². The first-order valence-electron chi connectivity index (χ1n) is 7.08. The summed E-state index contributed by atoms with van der Waals surface area (Å²) in [5.41, 5.74) is 1.83. The van der Waals surface area contributed by atoms with Gasteiger partial charge in [0.15, 0.2) is 0 Å². The van der Waals surface area contributed by atoms with Gasteiger partial charge in [-0.05, 0) is 42.8 Å². The van der Waals surface area contributed by atoms with Gasteiger partial charge in [-0.3, -0.25) is 9.59 Å². The molecule has 0 aliphatic rings. The maximum absolute atomic E-state index is 12.1. The van der Waals surface area contributed by atoms with Gasteiger partial charge in [0.25, 0.3) is 0 Å². The van der Waals surface area contributed by atoms with Crippen molar-refractivity contribution in [3.05, 3.63) is 52.0 Å². The minimum atomic E-state index is -0.497. The van der Waals surface area contributed by atoms with E-state index in [9.17, 15) is 9.59 Å². The molecule has 0 unspecified atom stereocenters. The molecule has 126 valence electrons. The minimum Gasteiger partial charge on any atom is -0.495 e. The highest BCUT2D eigenvalue weighted by atomic mass is 35.5. The predicted octanol–water partition coefficient (Wildman–Crippen LogP) is 4.28. The van der Waals surface area contributed by atoms with Gasteiger partial charge in [-0.25, -0.2) is 0 Å². The van der Waals surface area contributed by atoms with Crippen LogP contribution < -0.4 is 15.4 Å². The number of aryl methyl sites for hydroxylation is 1. The van der Waals surface area contributed by atoms with E-state index in [0.717, 1.165) is 5.56 Å². The lowest BCUT2D eigenvalue weighted by Crippen LogP contribution is -2.21. The molecular formula is C17H16Cl2N2O3. The summed E-state index contributed by atoms with van der Waals surface area (Å²) < 4.78 is 5.18. The summed E-state index contributed by atoms with van der Waals surface area (Å²) >= 11 is 11.8. The van der Waals surface area contributed by atoms with E-state index < -0.39 is 11.8 Å². The zero-order valence-corrected chi connectivity index (χ0v) is 14.7. The molecule has 0 saturated carbocycles. The number of benzene rings is 2. The number of nitrogens with one attached hydrogen (secondary N) is 2. The first-order valence-corrected chi connectivity index (χ1v) is 7.84. The smallest absolute Gasteiger partial charge is 0.233 e. The molecule has 0 bridgehead atoms. The standard InChI is InChI=1S/C17H16Cl2N2O3/c1-10-3-6-15(24-2)14(7-10)21-17(23)9-16(22)20-13-8-11(18)4-5-12(13)19/h3-8H,9H2,1-2H3,(H,20,22)(H,21,23). The molecule has 5 nitrogen and oxygen atoms in total. The van der Waals surface area contributed by atoms with Crippen molar-refractivity contribution in [2.75, 3.05) is 17.7 Å². The van der Waals surface area contributed by atoms with Crippen molar-refractivity contribution in [3.8, 4) is 5.75 Å². The van der Waals surface area contributed by atoms with Crippen molar-refractivity contribution in [2.45, 2.75) is 13.3 Å². The third-order valence-electron chi connectivity index (χ3n) is 3.15. The van der Waals surface area contributed by atoms with Crippen LogP contribution in [0.1, 0.15) is 12.0 Å². The number of hydrogen-bond donors (Lipinski definition) is 2. The number of carbonyl (C=O) groups is 2. The number of methoxy groups -OCH3 is 1. The summed E-state index contributed by atoms with van der Waals surface area (Å²) in [5, 5.41) is 6.00. The van der Waals surface area contributed by atoms with Gasteiger partial charge in [0.1, 0.15) is 12.2 Å². The van der Waals surface area contributed by atoms with Gasteiger partial charge in [-0.2, -0.15) is 0 Å². The van der Waals surface area contributed by atoms with Crippen molar-refractivity contribution in [1.82, 2.24) is 0 Å². The lowest BCUT2D eigenvalue weighted by molar-refractivity contribution is -0.123. The predicted molar refractivity (Wildman–Crippen MR) is 96.1 cm³/mol. The molecule has 0 saturated heterocycles. The number of hydrogen-bond acceptors (Lipinski definition) is 3. The number of ether oxygens (including phenoxy) is 1. The van der Waals surface area contributed by atoms with Crippen LogP contribution in [0.5, 0.6) is 5.75 Å². The van der Waals surface area contributed by atoms with Crippen LogP contribution in [0.15, 0.2) is 36.4 Å². The van der Waals surface area contributed by atoms with Crippen LogP contribution in [0.4, 0.5) is 11.4 Å². The largest absolute Gasteiger partial charge is 0.495 e. The molecule has 2 amide bonds. The normalized spacial score (nSPS) is 10.2. The topological polar surface area (TPSA) is 67.4 Å². The Morgan fingerprint density at radius 2 is 1.67 bits per heavy atom. The van der Waals surface area contributed by atoms with Crippen molar-refractivity contribution < 1.29 is 14.3 Å². The van der Waals surface area contributed by atoms with E-state index in [1.54, 1.807) is 24.3 Å². The van der Waals surface area contributed by atoms with Crippen molar-refractivity contribution in [3.63, 3.8) is 0 Å². The maximum Gasteiger partial charge on any atom is 0.233 e. The van der Waals surface area contributed by atoms with Crippen molar-refractivity contribution in [2.24, 2.45) is 0 Å². The Kier molecular flexibility index (Phi) is 6.06. The van der Waals surface area contributed by atoms with E-state index in [1.165, 1.54) is 13.2 Å². The highest BCUT2D eigenvalue weighted by molar-refractivity contribution is 6.35. The van der Waals surface area contributed by atoms with Crippen LogP contribution >= 0.6 is 23.2 Å².